The molecule has 0 aliphatic heterocycles. The number of H-pyrrole nitrogens is 2. The summed E-state index contributed by atoms with van der Waals surface area (Å²) >= 11 is 0. The number of nitrogens with zero attached hydrogens (tertiary/aromatic N) is 2. The van der Waals surface area contributed by atoms with Crippen LogP contribution in [0.5, 0.6) is 11.5 Å². The molecule has 0 amide bonds. The summed E-state index contributed by atoms with van der Waals surface area (Å²) in [7, 11) is 3.46. The smallest absolute Gasteiger partial charge is 0.196 e. The van der Waals surface area contributed by atoms with Gasteiger partial charge in [-0.25, -0.2) is 0 Å². The summed E-state index contributed by atoms with van der Waals surface area (Å²) in [6, 6.07) is 25.8. The topological polar surface area (TPSA) is 91.0 Å². The lowest BCUT2D eigenvalue weighted by Crippen LogP contribution is -2.86. The molecule has 0 unspecified atom stereocenters. The fourth-order valence-corrected chi connectivity index (χ4v) is 7.60. The molecule has 4 aromatic heterocycles. The minimum atomic E-state index is 0.887. The van der Waals surface area contributed by atoms with Crippen LogP contribution in [0.1, 0.15) is 25.7 Å². The number of hydrogen-bond donors (Lipinski definition) is 4. The number of benzene rings is 4. The molecule has 0 spiro atoms. The van der Waals surface area contributed by atoms with Crippen molar-refractivity contribution >= 4 is 65.2 Å². The third kappa shape index (κ3) is 6.44. The zero-order valence-corrected chi connectivity index (χ0v) is 29.2. The van der Waals surface area contributed by atoms with Crippen molar-refractivity contribution in [1.29, 1.82) is 0 Å². The van der Waals surface area contributed by atoms with E-state index in [1.54, 1.807) is 14.2 Å². The fourth-order valence-electron chi connectivity index (χ4n) is 7.60. The van der Waals surface area contributed by atoms with Crippen molar-refractivity contribution in [3.05, 3.63) is 97.6 Å². The zero-order chi connectivity index (χ0) is 33.9. The number of quaternary nitrogens is 2. The summed E-state index contributed by atoms with van der Waals surface area (Å²) in [5.41, 5.74) is 4.62. The van der Waals surface area contributed by atoms with Gasteiger partial charge in [-0.15, -0.1) is 0 Å². The van der Waals surface area contributed by atoms with Gasteiger partial charge in [0.2, 0.25) is 0 Å². The van der Waals surface area contributed by atoms with Crippen molar-refractivity contribution in [1.82, 2.24) is 9.97 Å². The summed E-state index contributed by atoms with van der Waals surface area (Å²) in [6.45, 7) is 6.58. The first kappa shape index (κ1) is 32.0. The van der Waals surface area contributed by atoms with Gasteiger partial charge in [-0.05, 0) is 85.0 Å². The lowest BCUT2D eigenvalue weighted by atomic mass is 10.1. The quantitative estimate of drug-likeness (QED) is 0.0890. The molecule has 8 heteroatoms. The van der Waals surface area contributed by atoms with Gasteiger partial charge in [-0.1, -0.05) is 12.1 Å². The minimum absolute atomic E-state index is 0.887. The monoisotopic (exact) mass is 668 g/mol. The van der Waals surface area contributed by atoms with Crippen molar-refractivity contribution in [2.45, 2.75) is 38.8 Å². The molecule has 4 heterocycles. The third-order valence-corrected chi connectivity index (χ3v) is 10.3. The lowest BCUT2D eigenvalue weighted by molar-refractivity contribution is -0.752. The number of hydrogen-bond acceptors (Lipinski definition) is 2. The second-order valence-corrected chi connectivity index (χ2v) is 13.6. The van der Waals surface area contributed by atoms with E-state index in [1.165, 1.54) is 92.9 Å². The Kier molecular flexibility index (Phi) is 9.20. The van der Waals surface area contributed by atoms with Crippen LogP contribution in [0, 0.1) is 0 Å². The van der Waals surface area contributed by atoms with Crippen molar-refractivity contribution < 1.29 is 29.2 Å². The molecule has 8 rings (SSSR count). The SMILES string of the molecule is COc1ccc2[nH]c3ccc4cc[n+](CC[NH2+]CCCCCC[NH2+]CC[n+]5ccc6ccc7[nH]c8ccc(OC)cc8c7c6c5)cc4c3c2c1. The number of nitrogens with two attached hydrogens (primary N) is 2. The predicted molar refractivity (Wildman–Crippen MR) is 202 cm³/mol. The molecule has 50 heavy (non-hydrogen) atoms. The lowest BCUT2D eigenvalue weighted by Gasteiger charge is -2.04. The molecule has 8 nitrogen and oxygen atoms in total. The van der Waals surface area contributed by atoms with Crippen molar-refractivity contribution in [3.8, 4) is 11.5 Å². The molecule has 254 valence electrons. The van der Waals surface area contributed by atoms with Crippen LogP contribution in [-0.2, 0) is 13.1 Å². The first-order valence-electron chi connectivity index (χ1n) is 18.1. The van der Waals surface area contributed by atoms with E-state index < -0.39 is 0 Å². The molecule has 0 radical (unpaired) electrons. The molecule has 4 aromatic carbocycles. The maximum absolute atomic E-state index is 5.52. The highest BCUT2D eigenvalue weighted by Crippen LogP contribution is 2.35. The van der Waals surface area contributed by atoms with Crippen molar-refractivity contribution in [3.63, 3.8) is 0 Å². The van der Waals surface area contributed by atoms with E-state index in [1.807, 2.05) is 12.1 Å². The molecule has 0 fully saturated rings. The molecule has 6 N–H and O–H groups in total. The van der Waals surface area contributed by atoms with E-state index in [-0.39, 0.29) is 0 Å². The largest absolute Gasteiger partial charge is 0.497 e. The molecule has 0 aliphatic carbocycles. The normalized spacial score (nSPS) is 12.0. The van der Waals surface area contributed by atoms with Crippen LogP contribution in [0.2, 0.25) is 0 Å². The van der Waals surface area contributed by atoms with E-state index in [2.05, 4.69) is 115 Å². The van der Waals surface area contributed by atoms with E-state index in [9.17, 15) is 0 Å². The number of rotatable bonds is 15. The molecule has 0 saturated heterocycles. The fraction of sp³-hybridized carbons (Fsp3) is 0.286. The van der Waals surface area contributed by atoms with Gasteiger partial charge in [-0.2, -0.15) is 9.13 Å². The highest BCUT2D eigenvalue weighted by atomic mass is 16.5. The zero-order valence-electron chi connectivity index (χ0n) is 29.2. The van der Waals surface area contributed by atoms with Gasteiger partial charge in [0.05, 0.1) is 38.1 Å². The highest BCUT2D eigenvalue weighted by Gasteiger charge is 2.15. The Hall–Kier alpha value is -5.18. The molecule has 0 saturated carbocycles. The average molecular weight is 669 g/mol. The van der Waals surface area contributed by atoms with Crippen LogP contribution < -0.4 is 29.2 Å². The summed E-state index contributed by atoms with van der Waals surface area (Å²) in [5, 5.41) is 15.0. The average Bonchev–Trinajstić information content (AvgIpc) is 3.73. The Balaban J connectivity index is 0.760. The number of aromatic amines is 2. The summed E-state index contributed by atoms with van der Waals surface area (Å²) in [6.07, 6.45) is 14.2. The first-order chi connectivity index (χ1) is 24.7. The number of methoxy groups -OCH3 is 2. The van der Waals surface area contributed by atoms with Crippen LogP contribution in [0.4, 0.5) is 0 Å². The Bertz CT molecular complexity index is 2270. The third-order valence-electron chi connectivity index (χ3n) is 10.3. The Morgan fingerprint density at radius 1 is 0.500 bits per heavy atom. The molecule has 8 aromatic rings. The van der Waals surface area contributed by atoms with E-state index in [0.29, 0.717) is 0 Å². The molecular formula is C42H48N6O2+4. The van der Waals surface area contributed by atoms with Crippen LogP contribution in [0.15, 0.2) is 97.6 Å². The number of nitrogens with one attached hydrogen (secondary N) is 2. The predicted octanol–water partition coefficient (Wildman–Crippen LogP) is 5.24. The van der Waals surface area contributed by atoms with Gasteiger partial charge in [-0.3, -0.25) is 0 Å². The molecule has 0 bridgehead atoms. The highest BCUT2D eigenvalue weighted by molar-refractivity contribution is 6.21. The Morgan fingerprint density at radius 3 is 1.42 bits per heavy atom. The number of pyridine rings is 2. The van der Waals surface area contributed by atoms with Crippen LogP contribution in [0.3, 0.4) is 0 Å². The summed E-state index contributed by atoms with van der Waals surface area (Å²) in [4.78, 5) is 7.15. The van der Waals surface area contributed by atoms with Gasteiger partial charge in [0.15, 0.2) is 37.9 Å². The number of unbranched alkanes of at least 4 members (excludes halogenated alkanes) is 3. The minimum Gasteiger partial charge on any atom is -0.497 e. The van der Waals surface area contributed by atoms with Gasteiger partial charge < -0.3 is 30.1 Å². The van der Waals surface area contributed by atoms with Gasteiger partial charge >= 0.3 is 0 Å². The first-order valence-corrected chi connectivity index (χ1v) is 18.1. The standard InChI is InChI=1S/C42H44N6O2/c1-49-31-9-13-37-33(25-31)41-35-27-47(21-15-29(35)7-11-39(41)45-37)23-19-43-17-5-3-4-6-18-44-20-24-48-22-16-30-8-12-40-42(36(30)28-48)34-26-32(50-2)10-14-38(34)46-40/h7-16,21-22,25-28,43-44H,3-6,17-20,23-24H2,1-2H3/p+4. The maximum Gasteiger partial charge on any atom is 0.196 e. The van der Waals surface area contributed by atoms with Gasteiger partial charge in [0.25, 0.3) is 0 Å². The van der Waals surface area contributed by atoms with Crippen molar-refractivity contribution in [2.75, 3.05) is 40.4 Å². The van der Waals surface area contributed by atoms with Crippen LogP contribution in [-0.4, -0.2) is 50.4 Å². The van der Waals surface area contributed by atoms with Crippen LogP contribution >= 0.6 is 0 Å². The van der Waals surface area contributed by atoms with Gasteiger partial charge in [0.1, 0.15) is 24.6 Å². The summed E-state index contributed by atoms with van der Waals surface area (Å²) in [5.74, 6) is 1.77. The second-order valence-electron chi connectivity index (χ2n) is 13.6. The Labute approximate surface area is 292 Å². The van der Waals surface area contributed by atoms with Crippen molar-refractivity contribution in [2.24, 2.45) is 0 Å². The van der Waals surface area contributed by atoms with Crippen LogP contribution in [0.25, 0.3) is 65.2 Å². The van der Waals surface area contributed by atoms with Gasteiger partial charge in [0, 0.05) is 55.7 Å². The second kappa shape index (κ2) is 14.4. The summed E-state index contributed by atoms with van der Waals surface area (Å²) < 4.78 is 15.7. The van der Waals surface area contributed by atoms with E-state index >= 15 is 0 Å². The van der Waals surface area contributed by atoms with E-state index in [4.69, 9.17) is 9.47 Å². The maximum atomic E-state index is 5.52. The molecule has 0 atom stereocenters. The number of ether oxygens (including phenoxy) is 2. The molecule has 0 aliphatic rings. The molecular weight excluding hydrogens is 621 g/mol. The Morgan fingerprint density at radius 2 is 0.960 bits per heavy atom. The van der Waals surface area contributed by atoms with E-state index in [0.717, 1.165) is 48.7 Å². The number of aromatic nitrogens is 4. The number of fused-ring (bicyclic) bond motifs is 10.